The second-order valence-corrected chi connectivity index (χ2v) is 7.69. The maximum atomic E-state index is 12.5. The molecule has 27 heavy (non-hydrogen) atoms. The highest BCUT2D eigenvalue weighted by Crippen LogP contribution is 2.23. The summed E-state index contributed by atoms with van der Waals surface area (Å²) in [6.45, 7) is 3.38. The fourth-order valence-corrected chi connectivity index (χ4v) is 4.03. The lowest BCUT2D eigenvalue weighted by molar-refractivity contribution is -0.124. The summed E-state index contributed by atoms with van der Waals surface area (Å²) in [4.78, 5) is 18.1. The second kappa shape index (κ2) is 8.15. The maximum Gasteiger partial charge on any atom is 0.224 e. The Balaban J connectivity index is 1.26. The molecule has 0 spiro atoms. The standard InChI is InChI=1S/C22H24ClN3O/c23-19-6-7-21-20(12-19)17(13-25-21)8-10-24-22(27)18-9-11-26(15-18)14-16-4-2-1-3-5-16/h1-7,12-13,18,25H,8-11,14-15H2,(H,24,27)/t18-/m1/s1. The van der Waals surface area contributed by atoms with E-state index in [9.17, 15) is 4.79 Å². The number of aromatic nitrogens is 1. The first-order valence-electron chi connectivity index (χ1n) is 9.48. The Bertz CT molecular complexity index is 922. The number of hydrogen-bond donors (Lipinski definition) is 2. The summed E-state index contributed by atoms with van der Waals surface area (Å²) >= 11 is 6.10. The first-order chi connectivity index (χ1) is 13.2. The van der Waals surface area contributed by atoms with Gasteiger partial charge in [-0.1, -0.05) is 41.9 Å². The Hall–Kier alpha value is -2.30. The van der Waals surface area contributed by atoms with Crippen molar-refractivity contribution in [2.24, 2.45) is 5.92 Å². The Morgan fingerprint density at radius 3 is 2.93 bits per heavy atom. The molecule has 1 aromatic heterocycles. The van der Waals surface area contributed by atoms with Crippen LogP contribution in [-0.4, -0.2) is 35.4 Å². The van der Waals surface area contributed by atoms with Crippen molar-refractivity contribution in [1.82, 2.24) is 15.2 Å². The van der Waals surface area contributed by atoms with Crippen molar-refractivity contribution in [3.63, 3.8) is 0 Å². The van der Waals surface area contributed by atoms with E-state index in [4.69, 9.17) is 11.6 Å². The zero-order valence-corrected chi connectivity index (χ0v) is 16.0. The van der Waals surface area contributed by atoms with Crippen LogP contribution in [0, 0.1) is 5.92 Å². The highest BCUT2D eigenvalue weighted by molar-refractivity contribution is 6.31. The molecule has 1 aliphatic heterocycles. The zero-order valence-electron chi connectivity index (χ0n) is 15.2. The highest BCUT2D eigenvalue weighted by Gasteiger charge is 2.27. The number of halogens is 1. The van der Waals surface area contributed by atoms with Gasteiger partial charge in [-0.2, -0.15) is 0 Å². The summed E-state index contributed by atoms with van der Waals surface area (Å²) in [5.74, 6) is 0.259. The van der Waals surface area contributed by atoms with Crippen LogP contribution in [0.4, 0.5) is 0 Å². The number of nitrogens with zero attached hydrogens (tertiary/aromatic N) is 1. The number of aromatic amines is 1. The molecule has 1 saturated heterocycles. The van der Waals surface area contributed by atoms with Crippen molar-refractivity contribution < 1.29 is 4.79 Å². The summed E-state index contributed by atoms with van der Waals surface area (Å²) in [5, 5.41) is 4.98. The minimum atomic E-state index is 0.0890. The number of nitrogens with one attached hydrogen (secondary N) is 2. The van der Waals surface area contributed by atoms with E-state index in [1.807, 2.05) is 30.5 Å². The third kappa shape index (κ3) is 4.34. The lowest BCUT2D eigenvalue weighted by Crippen LogP contribution is -2.33. The summed E-state index contributed by atoms with van der Waals surface area (Å²) < 4.78 is 0. The molecular weight excluding hydrogens is 358 g/mol. The van der Waals surface area contributed by atoms with Gasteiger partial charge in [0.2, 0.25) is 5.91 Å². The van der Waals surface area contributed by atoms with Crippen LogP contribution in [0.5, 0.6) is 0 Å². The molecule has 0 bridgehead atoms. The second-order valence-electron chi connectivity index (χ2n) is 7.25. The zero-order chi connectivity index (χ0) is 18.6. The third-order valence-electron chi connectivity index (χ3n) is 5.32. The molecule has 2 heterocycles. The van der Waals surface area contributed by atoms with Crippen LogP contribution in [0.2, 0.25) is 5.02 Å². The van der Waals surface area contributed by atoms with Gasteiger partial charge < -0.3 is 10.3 Å². The van der Waals surface area contributed by atoms with Crippen molar-refractivity contribution in [1.29, 1.82) is 0 Å². The molecule has 1 atom stereocenters. The topological polar surface area (TPSA) is 48.1 Å². The van der Waals surface area contributed by atoms with Gasteiger partial charge in [0.25, 0.3) is 0 Å². The van der Waals surface area contributed by atoms with Crippen molar-refractivity contribution in [3.05, 3.63) is 70.9 Å². The van der Waals surface area contributed by atoms with E-state index >= 15 is 0 Å². The van der Waals surface area contributed by atoms with Gasteiger partial charge in [-0.3, -0.25) is 9.69 Å². The number of hydrogen-bond acceptors (Lipinski definition) is 2. The maximum absolute atomic E-state index is 12.5. The molecule has 4 nitrogen and oxygen atoms in total. The first-order valence-corrected chi connectivity index (χ1v) is 9.86. The van der Waals surface area contributed by atoms with Gasteiger partial charge in [0.1, 0.15) is 0 Å². The molecule has 0 aliphatic carbocycles. The van der Waals surface area contributed by atoms with Crippen LogP contribution in [0.1, 0.15) is 17.5 Å². The van der Waals surface area contributed by atoms with E-state index in [1.54, 1.807) is 0 Å². The number of fused-ring (bicyclic) bond motifs is 1. The van der Waals surface area contributed by atoms with E-state index in [0.717, 1.165) is 48.4 Å². The van der Waals surface area contributed by atoms with E-state index in [0.29, 0.717) is 6.54 Å². The molecule has 140 valence electrons. The van der Waals surface area contributed by atoms with Crippen LogP contribution in [-0.2, 0) is 17.8 Å². The summed E-state index contributed by atoms with van der Waals surface area (Å²) in [6, 6.07) is 16.3. The first kappa shape index (κ1) is 18.1. The Morgan fingerprint density at radius 1 is 1.22 bits per heavy atom. The molecule has 1 fully saturated rings. The van der Waals surface area contributed by atoms with Gasteiger partial charge in [0, 0.05) is 41.8 Å². The summed E-state index contributed by atoms with van der Waals surface area (Å²) in [6.07, 6.45) is 3.73. The van der Waals surface area contributed by atoms with E-state index < -0.39 is 0 Å². The molecule has 1 amide bonds. The number of rotatable bonds is 6. The predicted molar refractivity (Wildman–Crippen MR) is 110 cm³/mol. The third-order valence-corrected chi connectivity index (χ3v) is 5.55. The minimum absolute atomic E-state index is 0.0890. The number of amides is 1. The van der Waals surface area contributed by atoms with Gasteiger partial charge in [0.15, 0.2) is 0 Å². The molecular formula is C22H24ClN3O. The molecule has 4 rings (SSSR count). The number of benzene rings is 2. The Labute approximate surface area is 164 Å². The van der Waals surface area contributed by atoms with Crippen LogP contribution < -0.4 is 5.32 Å². The summed E-state index contributed by atoms with van der Waals surface area (Å²) in [7, 11) is 0. The molecule has 0 radical (unpaired) electrons. The molecule has 5 heteroatoms. The van der Waals surface area contributed by atoms with E-state index in [-0.39, 0.29) is 11.8 Å². The van der Waals surface area contributed by atoms with Crippen molar-refractivity contribution >= 4 is 28.4 Å². The smallest absolute Gasteiger partial charge is 0.224 e. The van der Waals surface area contributed by atoms with Crippen LogP contribution >= 0.6 is 11.6 Å². The Morgan fingerprint density at radius 2 is 2.07 bits per heavy atom. The van der Waals surface area contributed by atoms with Gasteiger partial charge in [-0.25, -0.2) is 0 Å². The molecule has 2 N–H and O–H groups in total. The fourth-order valence-electron chi connectivity index (χ4n) is 3.85. The molecule has 0 unspecified atom stereocenters. The van der Waals surface area contributed by atoms with E-state index in [1.165, 1.54) is 11.1 Å². The predicted octanol–water partition coefficient (Wildman–Crippen LogP) is 4.00. The molecule has 3 aromatic rings. The lowest BCUT2D eigenvalue weighted by atomic mass is 10.1. The van der Waals surface area contributed by atoms with Crippen LogP contribution in [0.25, 0.3) is 10.9 Å². The molecule has 2 aromatic carbocycles. The molecule has 0 saturated carbocycles. The van der Waals surface area contributed by atoms with Gasteiger partial charge >= 0.3 is 0 Å². The minimum Gasteiger partial charge on any atom is -0.361 e. The quantitative estimate of drug-likeness (QED) is 0.678. The summed E-state index contributed by atoms with van der Waals surface area (Å²) in [5.41, 5.74) is 3.56. The van der Waals surface area contributed by atoms with Crippen LogP contribution in [0.15, 0.2) is 54.7 Å². The Kier molecular flexibility index (Phi) is 5.46. The molecule has 1 aliphatic rings. The lowest BCUT2D eigenvalue weighted by Gasteiger charge is -2.16. The van der Waals surface area contributed by atoms with Crippen molar-refractivity contribution in [2.45, 2.75) is 19.4 Å². The van der Waals surface area contributed by atoms with Crippen molar-refractivity contribution in [3.8, 4) is 0 Å². The number of H-pyrrole nitrogens is 1. The largest absolute Gasteiger partial charge is 0.361 e. The van der Waals surface area contributed by atoms with E-state index in [2.05, 4.69) is 39.5 Å². The average Bonchev–Trinajstić information content (AvgIpc) is 3.30. The average molecular weight is 382 g/mol. The number of likely N-dealkylation sites (tertiary alicyclic amines) is 1. The monoisotopic (exact) mass is 381 g/mol. The number of carbonyl (C=O) groups excluding carboxylic acids is 1. The fraction of sp³-hybridized carbons (Fsp3) is 0.318. The highest BCUT2D eigenvalue weighted by atomic mass is 35.5. The normalized spacial score (nSPS) is 17.4. The van der Waals surface area contributed by atoms with Crippen molar-refractivity contribution in [2.75, 3.05) is 19.6 Å². The van der Waals surface area contributed by atoms with Gasteiger partial charge in [-0.05, 0) is 48.7 Å². The number of carbonyl (C=O) groups is 1. The van der Waals surface area contributed by atoms with Crippen LogP contribution in [0.3, 0.4) is 0 Å². The SMILES string of the molecule is O=C(NCCc1c[nH]c2ccc(Cl)cc12)[C@@H]1CCN(Cc2ccccc2)C1. The van der Waals surface area contributed by atoms with Gasteiger partial charge in [-0.15, -0.1) is 0 Å². The van der Waals surface area contributed by atoms with Gasteiger partial charge in [0.05, 0.1) is 5.92 Å².